The number of ketones is 2. The predicted octanol–water partition coefficient (Wildman–Crippen LogP) is 4.23. The monoisotopic (exact) mass is 344 g/mol. The Kier molecular flexibility index (Phi) is 3.85. The quantitative estimate of drug-likeness (QED) is 0.815. The molecule has 4 rings (SSSR count). The van der Waals surface area contributed by atoms with E-state index >= 15 is 0 Å². The molecule has 4 aliphatic rings. The molecule has 4 aliphatic carbocycles. The summed E-state index contributed by atoms with van der Waals surface area (Å²) >= 11 is 0. The van der Waals surface area contributed by atoms with Crippen molar-refractivity contribution in [3.05, 3.63) is 11.6 Å². The van der Waals surface area contributed by atoms with Crippen LogP contribution in [0.5, 0.6) is 0 Å². The average molecular weight is 344 g/mol. The number of allylic oxidation sites excluding steroid dienone is 1. The van der Waals surface area contributed by atoms with E-state index < -0.39 is 5.60 Å². The zero-order chi connectivity index (χ0) is 18.0. The minimum atomic E-state index is -1.11. The molecule has 3 fully saturated rings. The van der Waals surface area contributed by atoms with E-state index in [4.69, 9.17) is 0 Å². The van der Waals surface area contributed by atoms with Crippen LogP contribution >= 0.6 is 0 Å². The number of aliphatic hydroxyl groups is 1. The summed E-state index contributed by atoms with van der Waals surface area (Å²) in [6, 6.07) is 0. The van der Waals surface area contributed by atoms with Crippen LogP contribution in [0, 0.1) is 28.6 Å². The molecule has 0 heterocycles. The van der Waals surface area contributed by atoms with Gasteiger partial charge in [0.25, 0.3) is 0 Å². The third kappa shape index (κ3) is 2.08. The van der Waals surface area contributed by atoms with Crippen molar-refractivity contribution in [1.29, 1.82) is 0 Å². The highest BCUT2D eigenvalue weighted by Gasteiger charge is 2.66. The van der Waals surface area contributed by atoms with Gasteiger partial charge in [0.2, 0.25) is 0 Å². The number of carbonyl (C=O) groups is 2. The van der Waals surface area contributed by atoms with E-state index in [1.807, 2.05) is 6.08 Å². The van der Waals surface area contributed by atoms with Crippen LogP contribution in [0.15, 0.2) is 11.6 Å². The maximum absolute atomic E-state index is 12.4. The van der Waals surface area contributed by atoms with Gasteiger partial charge in [-0.15, -0.1) is 0 Å². The lowest BCUT2D eigenvalue weighted by molar-refractivity contribution is -0.164. The fraction of sp³-hybridized carbons (Fsp3) is 0.818. The molecule has 6 unspecified atom stereocenters. The molecule has 25 heavy (non-hydrogen) atoms. The normalized spacial score (nSPS) is 49.0. The molecule has 0 saturated heterocycles. The van der Waals surface area contributed by atoms with Crippen molar-refractivity contribution in [2.45, 2.75) is 84.2 Å². The highest BCUT2D eigenvalue weighted by atomic mass is 16.3. The van der Waals surface area contributed by atoms with Gasteiger partial charge in [-0.3, -0.25) is 9.59 Å². The van der Waals surface area contributed by atoms with Gasteiger partial charge in [-0.05, 0) is 87.5 Å². The third-order valence-electron chi connectivity index (χ3n) is 9.02. The smallest absolute Gasteiger partial charge is 0.161 e. The molecule has 3 saturated carbocycles. The zero-order valence-corrected chi connectivity index (χ0v) is 15.9. The van der Waals surface area contributed by atoms with E-state index in [0.29, 0.717) is 36.4 Å². The van der Waals surface area contributed by atoms with Gasteiger partial charge in [-0.25, -0.2) is 0 Å². The highest BCUT2D eigenvalue weighted by molar-refractivity contribution is 5.91. The van der Waals surface area contributed by atoms with Gasteiger partial charge < -0.3 is 5.11 Å². The first kappa shape index (κ1) is 17.5. The summed E-state index contributed by atoms with van der Waals surface area (Å²) in [5.74, 6) is 1.94. The lowest BCUT2D eigenvalue weighted by Crippen LogP contribution is -2.58. The Morgan fingerprint density at radius 3 is 2.56 bits per heavy atom. The summed E-state index contributed by atoms with van der Waals surface area (Å²) in [4.78, 5) is 24.3. The number of hydrogen-bond acceptors (Lipinski definition) is 3. The first-order valence-electron chi connectivity index (χ1n) is 10.3. The van der Waals surface area contributed by atoms with E-state index in [9.17, 15) is 14.7 Å². The van der Waals surface area contributed by atoms with Crippen LogP contribution in [0.3, 0.4) is 0 Å². The number of fused-ring (bicyclic) bond motifs is 5. The number of rotatable bonds is 2. The standard InChI is InChI=1S/C22H32O3/c1-4-21-11-8-18-17(19(21)9-12-22(21,25)14(2)23)6-5-15-13-16(24)7-10-20(15,18)3/h13,17-19,25H,4-12H2,1-3H3. The summed E-state index contributed by atoms with van der Waals surface area (Å²) in [5, 5.41) is 11.3. The summed E-state index contributed by atoms with van der Waals surface area (Å²) in [6.45, 7) is 6.14. The average Bonchev–Trinajstić information content (AvgIpc) is 2.90. The minimum absolute atomic E-state index is 0.0267. The molecule has 138 valence electrons. The second-order valence-corrected chi connectivity index (χ2v) is 9.47. The molecular formula is C22H32O3. The maximum Gasteiger partial charge on any atom is 0.161 e. The van der Waals surface area contributed by atoms with Crippen molar-refractivity contribution in [3.63, 3.8) is 0 Å². The molecule has 0 amide bonds. The SMILES string of the molecule is CCC12CCC3C(CCC4=CC(=O)CCC43C)C1CCC2(O)C(C)=O. The summed E-state index contributed by atoms with van der Waals surface area (Å²) < 4.78 is 0. The Hall–Kier alpha value is -0.960. The summed E-state index contributed by atoms with van der Waals surface area (Å²) in [7, 11) is 0. The number of hydrogen-bond donors (Lipinski definition) is 1. The first-order chi connectivity index (χ1) is 11.8. The molecule has 0 aromatic carbocycles. The fourth-order valence-electron chi connectivity index (χ4n) is 7.65. The van der Waals surface area contributed by atoms with E-state index in [1.54, 1.807) is 6.92 Å². The van der Waals surface area contributed by atoms with Crippen molar-refractivity contribution in [3.8, 4) is 0 Å². The molecule has 0 aromatic heterocycles. The Labute approximate surface area is 151 Å². The minimum Gasteiger partial charge on any atom is -0.381 e. The number of carbonyl (C=O) groups excluding carboxylic acids is 2. The van der Waals surface area contributed by atoms with E-state index in [2.05, 4.69) is 13.8 Å². The molecule has 0 radical (unpaired) electrons. The van der Waals surface area contributed by atoms with Crippen LogP contribution in [0.25, 0.3) is 0 Å². The summed E-state index contributed by atoms with van der Waals surface area (Å²) in [5.41, 5.74) is 0.209. The van der Waals surface area contributed by atoms with E-state index in [-0.39, 0.29) is 16.6 Å². The van der Waals surface area contributed by atoms with Crippen molar-refractivity contribution in [2.75, 3.05) is 0 Å². The molecule has 3 heteroatoms. The molecule has 0 spiro atoms. The van der Waals surface area contributed by atoms with Crippen LogP contribution in [-0.4, -0.2) is 22.3 Å². The van der Waals surface area contributed by atoms with Crippen molar-refractivity contribution in [1.82, 2.24) is 0 Å². The Morgan fingerprint density at radius 1 is 1.16 bits per heavy atom. The van der Waals surface area contributed by atoms with Gasteiger partial charge in [-0.2, -0.15) is 0 Å². The Balaban J connectivity index is 1.72. The molecule has 0 bridgehead atoms. The first-order valence-corrected chi connectivity index (χ1v) is 10.3. The zero-order valence-electron chi connectivity index (χ0n) is 15.9. The Morgan fingerprint density at radius 2 is 1.88 bits per heavy atom. The third-order valence-corrected chi connectivity index (χ3v) is 9.02. The van der Waals surface area contributed by atoms with E-state index in [0.717, 1.165) is 44.9 Å². The lowest BCUT2D eigenvalue weighted by Gasteiger charge is -2.59. The lowest BCUT2D eigenvalue weighted by atomic mass is 9.45. The van der Waals surface area contributed by atoms with Gasteiger partial charge in [0.05, 0.1) is 0 Å². The van der Waals surface area contributed by atoms with Gasteiger partial charge in [0.1, 0.15) is 5.60 Å². The topological polar surface area (TPSA) is 54.4 Å². The van der Waals surface area contributed by atoms with Crippen molar-refractivity contribution >= 4 is 11.6 Å². The van der Waals surface area contributed by atoms with Gasteiger partial charge >= 0.3 is 0 Å². The molecular weight excluding hydrogens is 312 g/mol. The molecule has 1 N–H and O–H groups in total. The Bertz CT molecular complexity index is 650. The van der Waals surface area contributed by atoms with Crippen molar-refractivity contribution < 1.29 is 14.7 Å². The maximum atomic E-state index is 12.4. The highest BCUT2D eigenvalue weighted by Crippen LogP contribution is 2.68. The van der Waals surface area contributed by atoms with Crippen LogP contribution in [0.2, 0.25) is 0 Å². The van der Waals surface area contributed by atoms with Crippen LogP contribution in [0.4, 0.5) is 0 Å². The van der Waals surface area contributed by atoms with Gasteiger partial charge in [-0.1, -0.05) is 19.4 Å². The van der Waals surface area contributed by atoms with Gasteiger partial charge in [0.15, 0.2) is 11.6 Å². The second kappa shape index (κ2) is 5.52. The number of Topliss-reactive ketones (excluding diaryl/α,β-unsaturated/α-hetero) is 1. The second-order valence-electron chi connectivity index (χ2n) is 9.47. The predicted molar refractivity (Wildman–Crippen MR) is 97.0 cm³/mol. The largest absolute Gasteiger partial charge is 0.381 e. The van der Waals surface area contributed by atoms with Crippen molar-refractivity contribution in [2.24, 2.45) is 28.6 Å². The molecule has 0 aliphatic heterocycles. The molecule has 6 atom stereocenters. The fourth-order valence-corrected chi connectivity index (χ4v) is 7.65. The molecule has 3 nitrogen and oxygen atoms in total. The summed E-state index contributed by atoms with van der Waals surface area (Å²) in [6.07, 6.45) is 10.3. The van der Waals surface area contributed by atoms with Crippen LogP contribution < -0.4 is 0 Å². The van der Waals surface area contributed by atoms with E-state index in [1.165, 1.54) is 5.57 Å². The van der Waals surface area contributed by atoms with Crippen LogP contribution in [-0.2, 0) is 9.59 Å². The van der Waals surface area contributed by atoms with Crippen LogP contribution in [0.1, 0.15) is 78.6 Å². The van der Waals surface area contributed by atoms with Gasteiger partial charge in [0, 0.05) is 11.8 Å². The molecule has 0 aromatic rings.